The van der Waals surface area contributed by atoms with Gasteiger partial charge in [0.1, 0.15) is 11.5 Å². The molecule has 0 spiro atoms. The minimum absolute atomic E-state index is 0.0621. The molecule has 1 aliphatic rings. The summed E-state index contributed by atoms with van der Waals surface area (Å²) in [5.41, 5.74) is -0.103. The summed E-state index contributed by atoms with van der Waals surface area (Å²) in [4.78, 5) is 16.0. The Labute approximate surface area is 176 Å². The van der Waals surface area contributed by atoms with Crippen LogP contribution in [0.25, 0.3) is 5.65 Å². The van der Waals surface area contributed by atoms with Crippen LogP contribution in [0.15, 0.2) is 48.7 Å². The number of hydrogen-bond donors (Lipinski definition) is 2. The predicted molar refractivity (Wildman–Crippen MR) is 109 cm³/mol. The van der Waals surface area contributed by atoms with Gasteiger partial charge >= 0.3 is 6.18 Å². The maximum Gasteiger partial charge on any atom is 0.434 e. The SMILES string of the molecule is O=C(N[C@H]1CC[C@@H](Nc2cccc3nc(C(F)(F)F)cn23)CC1)c1ccc(Cl)cc1. The minimum Gasteiger partial charge on any atom is -0.368 e. The topological polar surface area (TPSA) is 58.4 Å². The smallest absolute Gasteiger partial charge is 0.368 e. The maximum atomic E-state index is 13.0. The van der Waals surface area contributed by atoms with E-state index in [1.807, 2.05) is 0 Å². The molecule has 3 aromatic rings. The van der Waals surface area contributed by atoms with Crippen molar-refractivity contribution in [3.8, 4) is 0 Å². The molecule has 1 saturated carbocycles. The molecule has 9 heteroatoms. The first-order valence-corrected chi connectivity index (χ1v) is 10.1. The normalized spacial score (nSPS) is 19.6. The van der Waals surface area contributed by atoms with Gasteiger partial charge in [-0.2, -0.15) is 13.2 Å². The van der Waals surface area contributed by atoms with Crippen LogP contribution in [-0.2, 0) is 6.18 Å². The number of nitrogens with zero attached hydrogens (tertiary/aromatic N) is 2. The summed E-state index contributed by atoms with van der Waals surface area (Å²) in [6.45, 7) is 0. The van der Waals surface area contributed by atoms with Crippen molar-refractivity contribution in [2.75, 3.05) is 5.32 Å². The van der Waals surface area contributed by atoms with E-state index in [4.69, 9.17) is 11.6 Å². The highest BCUT2D eigenvalue weighted by Gasteiger charge is 2.34. The Bertz CT molecular complexity index is 1040. The second-order valence-electron chi connectivity index (χ2n) is 7.44. The van der Waals surface area contributed by atoms with E-state index in [0.717, 1.165) is 31.9 Å². The Balaban J connectivity index is 1.36. The lowest BCUT2D eigenvalue weighted by atomic mass is 9.91. The molecule has 0 bridgehead atoms. The lowest BCUT2D eigenvalue weighted by Gasteiger charge is -2.30. The number of rotatable bonds is 4. The number of carbonyl (C=O) groups excluding carboxylic acids is 1. The Kier molecular flexibility index (Phi) is 5.60. The number of hydrogen-bond acceptors (Lipinski definition) is 3. The van der Waals surface area contributed by atoms with Gasteiger partial charge in [-0.05, 0) is 62.1 Å². The van der Waals surface area contributed by atoms with Gasteiger partial charge in [0.25, 0.3) is 5.91 Å². The quantitative estimate of drug-likeness (QED) is 0.594. The zero-order valence-corrected chi connectivity index (χ0v) is 16.7. The fourth-order valence-corrected chi connectivity index (χ4v) is 3.85. The van der Waals surface area contributed by atoms with Crippen LogP contribution in [0.4, 0.5) is 19.0 Å². The molecule has 158 valence electrons. The number of aromatic nitrogens is 2. The summed E-state index contributed by atoms with van der Waals surface area (Å²) in [7, 11) is 0. The second kappa shape index (κ2) is 8.18. The molecule has 5 nitrogen and oxygen atoms in total. The van der Waals surface area contributed by atoms with Crippen molar-refractivity contribution >= 4 is 29.0 Å². The number of fused-ring (bicyclic) bond motifs is 1. The fraction of sp³-hybridized carbons (Fsp3) is 0.333. The Morgan fingerprint density at radius 1 is 1.03 bits per heavy atom. The number of pyridine rings is 1. The average molecular weight is 437 g/mol. The fourth-order valence-electron chi connectivity index (χ4n) is 3.73. The third-order valence-electron chi connectivity index (χ3n) is 5.30. The number of alkyl halides is 3. The molecule has 2 N–H and O–H groups in total. The first-order chi connectivity index (χ1) is 14.3. The Morgan fingerprint density at radius 3 is 2.37 bits per heavy atom. The summed E-state index contributed by atoms with van der Waals surface area (Å²) in [6.07, 6.45) is -0.319. The molecule has 1 amide bonds. The van der Waals surface area contributed by atoms with Crippen LogP contribution in [0.1, 0.15) is 41.7 Å². The van der Waals surface area contributed by atoms with Crippen LogP contribution in [-0.4, -0.2) is 27.4 Å². The van der Waals surface area contributed by atoms with Crippen LogP contribution in [0.3, 0.4) is 0 Å². The van der Waals surface area contributed by atoms with Crippen molar-refractivity contribution in [2.45, 2.75) is 43.9 Å². The third kappa shape index (κ3) is 4.53. The summed E-state index contributed by atoms with van der Waals surface area (Å²) in [5.74, 6) is 0.440. The molecule has 30 heavy (non-hydrogen) atoms. The molecule has 0 atom stereocenters. The molecule has 0 aliphatic heterocycles. The molecule has 0 saturated heterocycles. The van der Waals surface area contributed by atoms with Gasteiger partial charge in [0.15, 0.2) is 5.69 Å². The van der Waals surface area contributed by atoms with Crippen molar-refractivity contribution in [1.29, 1.82) is 0 Å². The highest BCUT2D eigenvalue weighted by Crippen LogP contribution is 2.30. The average Bonchev–Trinajstić information content (AvgIpc) is 3.16. The minimum atomic E-state index is -4.48. The zero-order valence-electron chi connectivity index (χ0n) is 15.9. The second-order valence-corrected chi connectivity index (χ2v) is 7.87. The molecule has 0 unspecified atom stereocenters. The summed E-state index contributed by atoms with van der Waals surface area (Å²) in [5, 5.41) is 6.94. The first-order valence-electron chi connectivity index (χ1n) is 9.68. The van der Waals surface area contributed by atoms with Gasteiger partial charge in [-0.1, -0.05) is 17.7 Å². The molecule has 1 aliphatic carbocycles. The predicted octanol–water partition coefficient (Wildman–Crippen LogP) is 5.16. The van der Waals surface area contributed by atoms with Gasteiger partial charge in [0, 0.05) is 28.9 Å². The molecule has 2 aromatic heterocycles. The third-order valence-corrected chi connectivity index (χ3v) is 5.56. The van der Waals surface area contributed by atoms with Gasteiger partial charge in [-0.15, -0.1) is 0 Å². The van der Waals surface area contributed by atoms with Crippen LogP contribution >= 0.6 is 11.6 Å². The molecule has 1 aromatic carbocycles. The largest absolute Gasteiger partial charge is 0.434 e. The molecular weight excluding hydrogens is 417 g/mol. The van der Waals surface area contributed by atoms with Gasteiger partial charge in [-0.25, -0.2) is 4.98 Å². The van der Waals surface area contributed by atoms with Crippen molar-refractivity contribution in [1.82, 2.24) is 14.7 Å². The van der Waals surface area contributed by atoms with Gasteiger partial charge in [-0.3, -0.25) is 9.20 Å². The lowest BCUT2D eigenvalue weighted by Crippen LogP contribution is -2.40. The van der Waals surface area contributed by atoms with E-state index in [1.54, 1.807) is 42.5 Å². The molecule has 1 fully saturated rings. The summed E-state index contributed by atoms with van der Waals surface area (Å²) < 4.78 is 40.3. The Morgan fingerprint density at radius 2 is 1.70 bits per heavy atom. The van der Waals surface area contributed by atoms with Gasteiger partial charge in [0.2, 0.25) is 0 Å². The number of anilines is 1. The van der Waals surface area contributed by atoms with E-state index < -0.39 is 11.9 Å². The highest BCUT2D eigenvalue weighted by atomic mass is 35.5. The van der Waals surface area contributed by atoms with E-state index in [2.05, 4.69) is 15.6 Å². The standard InChI is InChI=1S/C21H20ClF3N4O/c22-14-6-4-13(5-7-14)20(30)27-16-10-8-15(9-11-16)26-18-2-1-3-19-28-17(12-29(18)19)21(23,24)25/h1-7,12,15-16,26H,8-11H2,(H,27,30)/t15-,16+. The lowest BCUT2D eigenvalue weighted by molar-refractivity contribution is -0.140. The molecule has 4 rings (SSSR count). The monoisotopic (exact) mass is 436 g/mol. The molecule has 0 radical (unpaired) electrons. The van der Waals surface area contributed by atoms with Crippen LogP contribution in [0, 0.1) is 0 Å². The molecular formula is C21H20ClF3N4O. The van der Waals surface area contributed by atoms with Gasteiger partial charge < -0.3 is 10.6 Å². The number of halogens is 4. The van der Waals surface area contributed by atoms with E-state index >= 15 is 0 Å². The van der Waals surface area contributed by atoms with Crippen molar-refractivity contribution in [2.24, 2.45) is 0 Å². The van der Waals surface area contributed by atoms with E-state index in [1.165, 1.54) is 4.40 Å². The number of benzene rings is 1. The van der Waals surface area contributed by atoms with Crippen molar-refractivity contribution in [3.05, 3.63) is 64.9 Å². The highest BCUT2D eigenvalue weighted by molar-refractivity contribution is 6.30. The van der Waals surface area contributed by atoms with Crippen molar-refractivity contribution in [3.63, 3.8) is 0 Å². The summed E-state index contributed by atoms with van der Waals surface area (Å²) in [6, 6.07) is 11.9. The van der Waals surface area contributed by atoms with Gasteiger partial charge in [0.05, 0.1) is 0 Å². The Hall–Kier alpha value is -2.74. The summed E-state index contributed by atoms with van der Waals surface area (Å²) >= 11 is 5.85. The number of amides is 1. The number of carbonyl (C=O) groups is 1. The van der Waals surface area contributed by atoms with E-state index in [-0.39, 0.29) is 23.6 Å². The van der Waals surface area contributed by atoms with Crippen LogP contribution in [0.2, 0.25) is 5.02 Å². The van der Waals surface area contributed by atoms with Crippen molar-refractivity contribution < 1.29 is 18.0 Å². The van der Waals surface area contributed by atoms with Crippen LogP contribution < -0.4 is 10.6 Å². The van der Waals surface area contributed by atoms with E-state index in [9.17, 15) is 18.0 Å². The maximum absolute atomic E-state index is 13.0. The zero-order chi connectivity index (χ0) is 21.3. The number of nitrogens with one attached hydrogen (secondary N) is 2. The van der Waals surface area contributed by atoms with Crippen LogP contribution in [0.5, 0.6) is 0 Å². The molecule has 2 heterocycles. The van der Waals surface area contributed by atoms with E-state index in [0.29, 0.717) is 16.4 Å². The first kappa shape index (κ1) is 20.5. The number of imidazole rings is 1.